The van der Waals surface area contributed by atoms with Gasteiger partial charge in [0.1, 0.15) is 0 Å². The lowest BCUT2D eigenvalue weighted by Crippen LogP contribution is -2.25. The van der Waals surface area contributed by atoms with Crippen molar-refractivity contribution in [1.82, 2.24) is 9.88 Å². The molecule has 0 unspecified atom stereocenters. The lowest BCUT2D eigenvalue weighted by atomic mass is 10.0. The van der Waals surface area contributed by atoms with Gasteiger partial charge in [-0.15, -0.1) is 0 Å². The smallest absolute Gasteiger partial charge is 0.0515 e. The summed E-state index contributed by atoms with van der Waals surface area (Å²) in [5.74, 6) is 0. The molecule has 0 aliphatic carbocycles. The number of aryl methyl sites for hydroxylation is 3. The first kappa shape index (κ1) is 14.1. The molecule has 1 aromatic heterocycles. The second-order valence-corrected chi connectivity index (χ2v) is 5.89. The van der Waals surface area contributed by atoms with Crippen LogP contribution in [0.1, 0.15) is 36.2 Å². The van der Waals surface area contributed by atoms with E-state index in [1.54, 1.807) is 0 Å². The van der Waals surface area contributed by atoms with Gasteiger partial charge in [-0.2, -0.15) is 0 Å². The molecule has 2 rings (SSSR count). The monoisotopic (exact) mass is 258 g/mol. The maximum atomic E-state index is 3.51. The quantitative estimate of drug-likeness (QED) is 0.886. The SMILES string of the molecule is Cc1ccc2c(CCNC(C)C)c(C)n(C)c2c1C. The van der Waals surface area contributed by atoms with Crippen molar-refractivity contribution in [1.29, 1.82) is 0 Å². The highest BCUT2D eigenvalue weighted by atomic mass is 15.0. The number of rotatable bonds is 4. The molecule has 0 atom stereocenters. The van der Waals surface area contributed by atoms with Gasteiger partial charge in [-0.3, -0.25) is 0 Å². The molecule has 1 N–H and O–H groups in total. The summed E-state index contributed by atoms with van der Waals surface area (Å²) in [6, 6.07) is 5.09. The van der Waals surface area contributed by atoms with Crippen LogP contribution in [0.5, 0.6) is 0 Å². The van der Waals surface area contributed by atoms with Crippen LogP contribution in [0.15, 0.2) is 12.1 Å². The van der Waals surface area contributed by atoms with Crippen LogP contribution in [-0.2, 0) is 13.5 Å². The summed E-state index contributed by atoms with van der Waals surface area (Å²) in [6.07, 6.45) is 1.10. The molecule has 0 aliphatic heterocycles. The average molecular weight is 258 g/mol. The molecule has 2 heteroatoms. The van der Waals surface area contributed by atoms with E-state index < -0.39 is 0 Å². The zero-order valence-electron chi connectivity index (χ0n) is 13.1. The summed E-state index contributed by atoms with van der Waals surface area (Å²) in [7, 11) is 2.18. The Morgan fingerprint density at radius 1 is 1.16 bits per heavy atom. The Kier molecular flexibility index (Phi) is 4.00. The van der Waals surface area contributed by atoms with E-state index >= 15 is 0 Å². The van der Waals surface area contributed by atoms with Crippen molar-refractivity contribution in [2.75, 3.05) is 6.54 Å². The highest BCUT2D eigenvalue weighted by molar-refractivity contribution is 5.89. The lowest BCUT2D eigenvalue weighted by Gasteiger charge is -2.08. The summed E-state index contributed by atoms with van der Waals surface area (Å²) in [6.45, 7) is 12.1. The molecule has 104 valence electrons. The van der Waals surface area contributed by atoms with Gasteiger partial charge < -0.3 is 9.88 Å². The Morgan fingerprint density at radius 3 is 2.47 bits per heavy atom. The van der Waals surface area contributed by atoms with Crippen LogP contribution in [0, 0.1) is 20.8 Å². The molecule has 0 radical (unpaired) electrons. The number of aromatic nitrogens is 1. The van der Waals surface area contributed by atoms with Gasteiger partial charge in [0.15, 0.2) is 0 Å². The van der Waals surface area contributed by atoms with E-state index in [4.69, 9.17) is 0 Å². The molecule has 0 bridgehead atoms. The molecule has 1 heterocycles. The minimum absolute atomic E-state index is 0.555. The molecular weight excluding hydrogens is 232 g/mol. The van der Waals surface area contributed by atoms with Crippen molar-refractivity contribution in [3.05, 3.63) is 34.5 Å². The van der Waals surface area contributed by atoms with Gasteiger partial charge in [0.25, 0.3) is 0 Å². The van der Waals surface area contributed by atoms with Crippen molar-refractivity contribution in [2.24, 2.45) is 7.05 Å². The number of hydrogen-bond acceptors (Lipinski definition) is 1. The van der Waals surface area contributed by atoms with E-state index in [-0.39, 0.29) is 0 Å². The Hall–Kier alpha value is -1.28. The molecule has 19 heavy (non-hydrogen) atoms. The number of hydrogen-bond donors (Lipinski definition) is 1. The highest BCUT2D eigenvalue weighted by Gasteiger charge is 2.14. The van der Waals surface area contributed by atoms with Crippen LogP contribution < -0.4 is 5.32 Å². The van der Waals surface area contributed by atoms with E-state index in [0.717, 1.165) is 13.0 Å². The molecular formula is C17H26N2. The maximum Gasteiger partial charge on any atom is 0.0515 e. The van der Waals surface area contributed by atoms with E-state index in [1.165, 1.54) is 33.3 Å². The Labute approximate surface area is 116 Å². The van der Waals surface area contributed by atoms with Crippen LogP contribution in [0.25, 0.3) is 10.9 Å². The minimum atomic E-state index is 0.555. The van der Waals surface area contributed by atoms with Crippen molar-refractivity contribution in [3.8, 4) is 0 Å². The Bertz CT molecular complexity index is 591. The maximum absolute atomic E-state index is 3.51. The largest absolute Gasteiger partial charge is 0.347 e. The molecule has 0 saturated carbocycles. The number of benzene rings is 1. The molecule has 0 fully saturated rings. The average Bonchev–Trinajstić information content (AvgIpc) is 2.59. The predicted octanol–water partition coefficient (Wildman–Crippen LogP) is 3.64. The molecule has 0 spiro atoms. The first-order valence-corrected chi connectivity index (χ1v) is 7.21. The van der Waals surface area contributed by atoms with Crippen LogP contribution in [-0.4, -0.2) is 17.2 Å². The number of nitrogens with one attached hydrogen (secondary N) is 1. The first-order valence-electron chi connectivity index (χ1n) is 7.21. The highest BCUT2D eigenvalue weighted by Crippen LogP contribution is 2.29. The normalized spacial score (nSPS) is 11.7. The van der Waals surface area contributed by atoms with Crippen molar-refractivity contribution in [2.45, 2.75) is 47.1 Å². The van der Waals surface area contributed by atoms with Crippen LogP contribution in [0.4, 0.5) is 0 Å². The van der Waals surface area contributed by atoms with Gasteiger partial charge in [-0.05, 0) is 50.4 Å². The van der Waals surface area contributed by atoms with Gasteiger partial charge in [-0.1, -0.05) is 26.0 Å². The third kappa shape index (κ3) is 2.55. The Morgan fingerprint density at radius 2 is 1.84 bits per heavy atom. The molecule has 0 amide bonds. The predicted molar refractivity (Wildman–Crippen MR) is 84.0 cm³/mol. The number of nitrogens with zero attached hydrogens (tertiary/aromatic N) is 1. The zero-order chi connectivity index (χ0) is 14.2. The van der Waals surface area contributed by atoms with Crippen molar-refractivity contribution in [3.63, 3.8) is 0 Å². The fourth-order valence-electron chi connectivity index (χ4n) is 2.84. The summed E-state index contributed by atoms with van der Waals surface area (Å²) in [5.41, 5.74) is 7.08. The first-order chi connectivity index (χ1) is 8.93. The van der Waals surface area contributed by atoms with E-state index in [0.29, 0.717) is 6.04 Å². The van der Waals surface area contributed by atoms with Gasteiger partial charge in [0.05, 0.1) is 5.52 Å². The van der Waals surface area contributed by atoms with E-state index in [1.807, 2.05) is 0 Å². The van der Waals surface area contributed by atoms with Gasteiger partial charge in [0, 0.05) is 24.2 Å². The zero-order valence-corrected chi connectivity index (χ0v) is 13.1. The van der Waals surface area contributed by atoms with E-state index in [2.05, 4.69) is 63.7 Å². The number of fused-ring (bicyclic) bond motifs is 1. The van der Waals surface area contributed by atoms with Crippen molar-refractivity contribution >= 4 is 10.9 Å². The second-order valence-electron chi connectivity index (χ2n) is 5.89. The van der Waals surface area contributed by atoms with Gasteiger partial charge in [0.2, 0.25) is 0 Å². The second kappa shape index (κ2) is 5.38. The Balaban J connectivity index is 2.44. The molecule has 2 aromatic rings. The van der Waals surface area contributed by atoms with Crippen LogP contribution >= 0.6 is 0 Å². The third-order valence-corrected chi connectivity index (χ3v) is 4.23. The van der Waals surface area contributed by atoms with Crippen molar-refractivity contribution < 1.29 is 0 Å². The van der Waals surface area contributed by atoms with Gasteiger partial charge >= 0.3 is 0 Å². The third-order valence-electron chi connectivity index (χ3n) is 4.23. The summed E-state index contributed by atoms with van der Waals surface area (Å²) >= 11 is 0. The van der Waals surface area contributed by atoms with Crippen LogP contribution in [0.2, 0.25) is 0 Å². The fourth-order valence-corrected chi connectivity index (χ4v) is 2.84. The fraction of sp³-hybridized carbons (Fsp3) is 0.529. The molecule has 0 aliphatic rings. The molecule has 0 saturated heterocycles. The summed E-state index contributed by atoms with van der Waals surface area (Å²) in [4.78, 5) is 0. The molecule has 2 nitrogen and oxygen atoms in total. The molecule has 1 aromatic carbocycles. The summed E-state index contributed by atoms with van der Waals surface area (Å²) in [5, 5.41) is 4.94. The summed E-state index contributed by atoms with van der Waals surface area (Å²) < 4.78 is 2.35. The van der Waals surface area contributed by atoms with E-state index in [9.17, 15) is 0 Å². The van der Waals surface area contributed by atoms with Crippen LogP contribution in [0.3, 0.4) is 0 Å². The lowest BCUT2D eigenvalue weighted by molar-refractivity contribution is 0.590. The minimum Gasteiger partial charge on any atom is -0.347 e. The van der Waals surface area contributed by atoms with Gasteiger partial charge in [-0.25, -0.2) is 0 Å². The standard InChI is InChI=1S/C17H26N2/c1-11(2)18-10-9-15-14(5)19(6)17-13(4)12(3)7-8-16(15)17/h7-8,11,18H,9-10H2,1-6H3. The topological polar surface area (TPSA) is 17.0 Å².